The summed E-state index contributed by atoms with van der Waals surface area (Å²) >= 11 is 0. The molecule has 0 saturated carbocycles. The molecule has 1 aromatic carbocycles. The Morgan fingerprint density at radius 1 is 1.12 bits per heavy atom. The van der Waals surface area contributed by atoms with Crippen LogP contribution in [0, 0.1) is 0 Å². The lowest BCUT2D eigenvalue weighted by molar-refractivity contribution is 0.501. The van der Waals surface area contributed by atoms with E-state index < -0.39 is 22.3 Å². The highest BCUT2D eigenvalue weighted by Crippen LogP contribution is 2.14. The molecule has 0 unspecified atom stereocenters. The molecule has 0 aliphatic carbocycles. The Hall–Kier alpha value is -0.975. The van der Waals surface area contributed by atoms with Crippen molar-refractivity contribution < 1.29 is 21.4 Å². The minimum atomic E-state index is -5.07. The Labute approximate surface area is 98.8 Å². The molecule has 1 aromatic rings. The largest absolute Gasteiger partial charge is 0.509 e. The summed E-state index contributed by atoms with van der Waals surface area (Å²) in [6.45, 7) is -3.22. The fourth-order valence-corrected chi connectivity index (χ4v) is 2.80. The zero-order valence-electron chi connectivity index (χ0n) is 9.37. The quantitative estimate of drug-likeness (QED) is 0.765. The van der Waals surface area contributed by atoms with Crippen LogP contribution in [-0.2, 0) is 9.84 Å². The van der Waals surface area contributed by atoms with Crippen molar-refractivity contribution in [3.8, 4) is 0 Å². The summed E-state index contributed by atoms with van der Waals surface area (Å²) in [4.78, 5) is -0.0465. The minimum Gasteiger partial charge on any atom is -0.445 e. The normalized spacial score (nSPS) is 12.7. The van der Waals surface area contributed by atoms with E-state index in [0.717, 1.165) is 30.7 Å². The topological polar surface area (TPSA) is 34.1 Å². The molecular weight excluding hydrogens is 252 g/mol. The smallest absolute Gasteiger partial charge is 0.445 e. The minimum absolute atomic E-state index is 0.0278. The fourth-order valence-electron chi connectivity index (χ4n) is 1.35. The van der Waals surface area contributed by atoms with Crippen molar-refractivity contribution in [1.29, 1.82) is 0 Å². The zero-order chi connectivity index (χ0) is 13.1. The lowest BCUT2D eigenvalue weighted by Crippen LogP contribution is -2.33. The molecule has 0 amide bonds. The van der Waals surface area contributed by atoms with Gasteiger partial charge in [-0.15, -0.1) is 5.46 Å². The molecule has 0 radical (unpaired) electrons. The highest BCUT2D eigenvalue weighted by Gasteiger charge is 2.25. The van der Waals surface area contributed by atoms with E-state index in [4.69, 9.17) is 0 Å². The third-order valence-electron chi connectivity index (χ3n) is 2.38. The van der Waals surface area contributed by atoms with Crippen LogP contribution in [0.4, 0.5) is 12.9 Å². The maximum atomic E-state index is 12.3. The van der Waals surface area contributed by atoms with Gasteiger partial charge in [-0.3, -0.25) is 0 Å². The van der Waals surface area contributed by atoms with Gasteiger partial charge in [0.05, 0.1) is 10.6 Å². The molecule has 1 rings (SSSR count). The summed E-state index contributed by atoms with van der Waals surface area (Å²) in [5.74, 6) is -0.0278. The predicted octanol–water partition coefficient (Wildman–Crippen LogP) is 2.31. The van der Waals surface area contributed by atoms with Crippen LogP contribution in [0.1, 0.15) is 19.8 Å². The first-order valence-corrected chi connectivity index (χ1v) is 6.95. The lowest BCUT2D eigenvalue weighted by atomic mass is 9.80. The number of hydrogen-bond donors (Lipinski definition) is 0. The molecule has 0 aliphatic rings. The molecule has 0 N–H and O–H groups in total. The maximum Gasteiger partial charge on any atom is 0.509 e. The predicted molar refractivity (Wildman–Crippen MR) is 62.1 cm³/mol. The summed E-state index contributed by atoms with van der Waals surface area (Å²) in [7, 11) is -3.45. The molecule has 17 heavy (non-hydrogen) atoms. The first-order chi connectivity index (χ1) is 7.77. The van der Waals surface area contributed by atoms with Gasteiger partial charge in [0.15, 0.2) is 9.84 Å². The van der Waals surface area contributed by atoms with E-state index >= 15 is 0 Å². The molecule has 96 valence electrons. The molecule has 0 saturated heterocycles. The second-order valence-electron chi connectivity index (χ2n) is 3.82. The second kappa shape index (κ2) is 5.12. The molecule has 0 aliphatic heterocycles. The van der Waals surface area contributed by atoms with Crippen molar-refractivity contribution in [2.45, 2.75) is 24.7 Å². The van der Waals surface area contributed by atoms with Crippen molar-refractivity contribution >= 4 is 22.3 Å². The lowest BCUT2D eigenvalue weighted by Gasteiger charge is -2.14. The van der Waals surface area contributed by atoms with Gasteiger partial charge in [0.2, 0.25) is 0 Å². The number of unbranched alkanes of at least 4 members (excludes halogenated alkanes) is 1. The third-order valence-corrected chi connectivity index (χ3v) is 4.20. The molecular formula is C10H13BF3O2S-. The number of halogens is 3. The molecule has 0 bridgehead atoms. The van der Waals surface area contributed by atoms with Crippen LogP contribution >= 0.6 is 0 Å². The Balaban J connectivity index is 2.95. The van der Waals surface area contributed by atoms with Crippen LogP contribution in [0.15, 0.2) is 29.2 Å². The van der Waals surface area contributed by atoms with Gasteiger partial charge in [-0.2, -0.15) is 0 Å². The van der Waals surface area contributed by atoms with Crippen molar-refractivity contribution in [2.75, 3.05) is 5.75 Å². The van der Waals surface area contributed by atoms with E-state index in [1.54, 1.807) is 0 Å². The summed E-state index contributed by atoms with van der Waals surface area (Å²) in [5, 5.41) is 0. The van der Waals surface area contributed by atoms with E-state index in [2.05, 4.69) is 0 Å². The molecule has 2 nitrogen and oxygen atoms in total. The number of rotatable bonds is 5. The number of sulfone groups is 1. The SMILES string of the molecule is CCCCS(=O)(=O)c1ccc([B-](F)(F)F)cc1. The third kappa shape index (κ3) is 3.76. The fraction of sp³-hybridized carbons (Fsp3) is 0.400. The van der Waals surface area contributed by atoms with Gasteiger partial charge < -0.3 is 12.9 Å². The molecule has 0 atom stereocenters. The van der Waals surface area contributed by atoms with Crippen LogP contribution < -0.4 is 5.46 Å². The van der Waals surface area contributed by atoms with Gasteiger partial charge in [0.1, 0.15) is 0 Å². The zero-order valence-corrected chi connectivity index (χ0v) is 10.2. The molecule has 0 heterocycles. The van der Waals surface area contributed by atoms with E-state index in [9.17, 15) is 21.4 Å². The van der Waals surface area contributed by atoms with Crippen molar-refractivity contribution in [1.82, 2.24) is 0 Å². The Morgan fingerprint density at radius 3 is 2.06 bits per heavy atom. The Kier molecular flexibility index (Phi) is 4.24. The van der Waals surface area contributed by atoms with Gasteiger partial charge in [-0.25, -0.2) is 8.42 Å². The first kappa shape index (κ1) is 14.1. The molecule has 0 spiro atoms. The van der Waals surface area contributed by atoms with E-state index in [1.807, 2.05) is 6.92 Å². The van der Waals surface area contributed by atoms with Gasteiger partial charge in [0, 0.05) is 0 Å². The Morgan fingerprint density at radius 2 is 1.65 bits per heavy atom. The molecule has 0 aromatic heterocycles. The van der Waals surface area contributed by atoms with Crippen LogP contribution in [0.5, 0.6) is 0 Å². The van der Waals surface area contributed by atoms with Gasteiger partial charge in [0.25, 0.3) is 0 Å². The number of benzene rings is 1. The highest BCUT2D eigenvalue weighted by molar-refractivity contribution is 7.91. The average molecular weight is 265 g/mol. The van der Waals surface area contributed by atoms with Crippen LogP contribution in [-0.4, -0.2) is 21.1 Å². The number of hydrogen-bond acceptors (Lipinski definition) is 2. The highest BCUT2D eigenvalue weighted by atomic mass is 32.2. The van der Waals surface area contributed by atoms with Crippen LogP contribution in [0.25, 0.3) is 0 Å². The summed E-state index contributed by atoms with van der Waals surface area (Å²) < 4.78 is 60.3. The monoisotopic (exact) mass is 265 g/mol. The van der Waals surface area contributed by atoms with Gasteiger partial charge in [-0.1, -0.05) is 25.5 Å². The standard InChI is InChI=1S/C10H13BF3O2S/c1-2-3-8-17(15,16)10-6-4-9(5-7-10)11(12,13)14/h4-7H,2-3,8H2,1H3/q-1. The van der Waals surface area contributed by atoms with Gasteiger partial charge in [-0.05, 0) is 18.6 Å². The van der Waals surface area contributed by atoms with Crippen LogP contribution in [0.2, 0.25) is 0 Å². The summed E-state index contributed by atoms with van der Waals surface area (Å²) in [5.41, 5.74) is -0.778. The van der Waals surface area contributed by atoms with Crippen molar-refractivity contribution in [2.24, 2.45) is 0 Å². The van der Waals surface area contributed by atoms with E-state index in [-0.39, 0.29) is 10.6 Å². The average Bonchev–Trinajstić information content (AvgIpc) is 2.25. The first-order valence-electron chi connectivity index (χ1n) is 5.30. The van der Waals surface area contributed by atoms with Crippen molar-refractivity contribution in [3.63, 3.8) is 0 Å². The van der Waals surface area contributed by atoms with Crippen molar-refractivity contribution in [3.05, 3.63) is 24.3 Å². The Bertz CT molecular complexity index is 465. The summed E-state index contributed by atoms with van der Waals surface area (Å²) in [6, 6.07) is 3.68. The summed E-state index contributed by atoms with van der Waals surface area (Å²) in [6.07, 6.45) is 1.23. The molecule has 0 fully saturated rings. The maximum absolute atomic E-state index is 12.3. The molecule has 7 heteroatoms. The van der Waals surface area contributed by atoms with Gasteiger partial charge >= 0.3 is 6.98 Å². The second-order valence-corrected chi connectivity index (χ2v) is 5.93. The van der Waals surface area contributed by atoms with Crippen LogP contribution in [0.3, 0.4) is 0 Å². The van der Waals surface area contributed by atoms with E-state index in [1.165, 1.54) is 0 Å². The van der Waals surface area contributed by atoms with E-state index in [0.29, 0.717) is 6.42 Å².